The molecule has 3 heterocycles. The van der Waals surface area contributed by atoms with Crippen LogP contribution in [0.5, 0.6) is 0 Å². The van der Waals surface area contributed by atoms with Crippen LogP contribution in [0, 0.1) is 23.3 Å². The van der Waals surface area contributed by atoms with Gasteiger partial charge in [-0.25, -0.2) is 27.3 Å². The van der Waals surface area contributed by atoms with E-state index in [0.717, 1.165) is 6.20 Å². The summed E-state index contributed by atoms with van der Waals surface area (Å²) in [6.07, 6.45) is 1.41. The number of rotatable bonds is 2. The van der Waals surface area contributed by atoms with E-state index in [-0.39, 0.29) is 18.3 Å². The zero-order valence-corrected chi connectivity index (χ0v) is 15.0. The summed E-state index contributed by atoms with van der Waals surface area (Å²) in [5.74, 6) is -4.62. The molecule has 1 aliphatic rings. The highest BCUT2D eigenvalue weighted by Crippen LogP contribution is 2.32. The maximum atomic E-state index is 13.4. The molecule has 2 amide bonds. The molecule has 1 N–H and O–H groups in total. The lowest BCUT2D eigenvalue weighted by Gasteiger charge is -2.32. The molecule has 0 radical (unpaired) electrons. The number of fused-ring (bicyclic) bond motifs is 1. The maximum absolute atomic E-state index is 13.4. The van der Waals surface area contributed by atoms with E-state index in [0.29, 0.717) is 41.3 Å². The van der Waals surface area contributed by atoms with Gasteiger partial charge in [0.1, 0.15) is 11.5 Å². The van der Waals surface area contributed by atoms with Crippen molar-refractivity contribution in [3.05, 3.63) is 65.0 Å². The number of aromatic nitrogens is 2. The van der Waals surface area contributed by atoms with Gasteiger partial charge in [-0.2, -0.15) is 0 Å². The number of hydrogen-bond acceptors (Lipinski definition) is 4. The summed E-state index contributed by atoms with van der Waals surface area (Å²) < 4.78 is 58.4. The number of carbonyl (C=O) groups excluding carboxylic acids is 1. The molecule has 0 bridgehead atoms. The van der Waals surface area contributed by atoms with E-state index in [2.05, 4.69) is 15.5 Å². The van der Waals surface area contributed by atoms with E-state index in [1.807, 2.05) is 0 Å². The Hall–Kier alpha value is -3.43. The normalized spacial score (nSPS) is 15.9. The number of nitrogens with one attached hydrogen (secondary N) is 1. The molecule has 1 aromatic carbocycles. The van der Waals surface area contributed by atoms with Gasteiger partial charge in [-0.3, -0.25) is 0 Å². The molecule has 1 unspecified atom stereocenters. The molecule has 10 heteroatoms. The third-order valence-corrected chi connectivity index (χ3v) is 4.67. The van der Waals surface area contributed by atoms with Crippen molar-refractivity contribution in [1.29, 1.82) is 0 Å². The SMILES string of the molecule is CC1Cc2noc(-c3ccc(F)cn3)c2CN1C(=O)Nc1cc(F)c(F)c(F)c1. The number of halogens is 4. The molecule has 0 saturated heterocycles. The standard InChI is InChI=1S/C19H14F4N4O2/c1-9-4-16-12(18(29-26-16)15-3-2-10(20)7-24-15)8-27(9)19(28)25-11-5-13(21)17(23)14(22)6-11/h2-3,5-7,9H,4,8H2,1H3,(H,25,28). The van der Waals surface area contributed by atoms with Crippen LogP contribution in [0.4, 0.5) is 28.0 Å². The van der Waals surface area contributed by atoms with Crippen molar-refractivity contribution in [3.63, 3.8) is 0 Å². The minimum Gasteiger partial charge on any atom is -0.354 e. The van der Waals surface area contributed by atoms with Crippen molar-refractivity contribution in [2.24, 2.45) is 0 Å². The van der Waals surface area contributed by atoms with Crippen molar-refractivity contribution in [3.8, 4) is 11.5 Å². The second-order valence-corrected chi connectivity index (χ2v) is 6.66. The van der Waals surface area contributed by atoms with Crippen LogP contribution in [0.2, 0.25) is 0 Å². The highest BCUT2D eigenvalue weighted by atomic mass is 19.2. The van der Waals surface area contributed by atoms with Gasteiger partial charge in [0.05, 0.1) is 18.4 Å². The summed E-state index contributed by atoms with van der Waals surface area (Å²) in [7, 11) is 0. The molecule has 0 fully saturated rings. The zero-order chi connectivity index (χ0) is 20.7. The Morgan fingerprint density at radius 2 is 1.93 bits per heavy atom. The van der Waals surface area contributed by atoms with Crippen molar-refractivity contribution < 1.29 is 26.9 Å². The van der Waals surface area contributed by atoms with E-state index < -0.39 is 29.3 Å². The predicted molar refractivity (Wildman–Crippen MR) is 93.7 cm³/mol. The first-order chi connectivity index (χ1) is 13.8. The van der Waals surface area contributed by atoms with Crippen molar-refractivity contribution in [2.75, 3.05) is 5.32 Å². The van der Waals surface area contributed by atoms with Crippen molar-refractivity contribution in [1.82, 2.24) is 15.0 Å². The Bertz CT molecular complexity index is 1060. The van der Waals surface area contributed by atoms with Crippen molar-refractivity contribution in [2.45, 2.75) is 25.9 Å². The second-order valence-electron chi connectivity index (χ2n) is 6.66. The van der Waals surface area contributed by atoms with Crippen LogP contribution >= 0.6 is 0 Å². The summed E-state index contributed by atoms with van der Waals surface area (Å²) in [5, 5.41) is 6.37. The van der Waals surface area contributed by atoms with Gasteiger partial charge >= 0.3 is 6.03 Å². The molecule has 2 aromatic heterocycles. The fourth-order valence-electron chi connectivity index (χ4n) is 3.19. The molecule has 0 aliphatic carbocycles. The predicted octanol–water partition coefficient (Wildman–Crippen LogP) is 4.27. The zero-order valence-electron chi connectivity index (χ0n) is 15.0. The molecule has 1 atom stereocenters. The molecule has 3 aromatic rings. The van der Waals surface area contributed by atoms with Gasteiger partial charge in [0.2, 0.25) is 0 Å². The molecule has 4 rings (SSSR count). The van der Waals surface area contributed by atoms with Gasteiger partial charge in [0.15, 0.2) is 23.2 Å². The maximum Gasteiger partial charge on any atom is 0.322 e. The number of hydrogen-bond donors (Lipinski definition) is 1. The van der Waals surface area contributed by atoms with Gasteiger partial charge in [-0.1, -0.05) is 5.16 Å². The topological polar surface area (TPSA) is 71.3 Å². The minimum absolute atomic E-state index is 0.0897. The van der Waals surface area contributed by atoms with E-state index in [1.54, 1.807) is 6.92 Å². The minimum atomic E-state index is -1.61. The first-order valence-electron chi connectivity index (χ1n) is 8.65. The van der Waals surface area contributed by atoms with Gasteiger partial charge in [-0.15, -0.1) is 0 Å². The number of anilines is 1. The third-order valence-electron chi connectivity index (χ3n) is 4.67. The summed E-state index contributed by atoms with van der Waals surface area (Å²) in [6, 6.07) is 3.13. The monoisotopic (exact) mass is 406 g/mol. The van der Waals surface area contributed by atoms with E-state index in [1.165, 1.54) is 17.0 Å². The molecule has 0 saturated carbocycles. The van der Waals surface area contributed by atoms with E-state index in [4.69, 9.17) is 4.52 Å². The van der Waals surface area contributed by atoms with Crippen LogP contribution in [-0.2, 0) is 13.0 Å². The van der Waals surface area contributed by atoms with Crippen LogP contribution < -0.4 is 5.32 Å². The lowest BCUT2D eigenvalue weighted by atomic mass is 9.99. The Morgan fingerprint density at radius 1 is 1.21 bits per heavy atom. The first kappa shape index (κ1) is 18.9. The number of pyridine rings is 1. The van der Waals surface area contributed by atoms with Crippen LogP contribution in [0.1, 0.15) is 18.2 Å². The molecule has 6 nitrogen and oxygen atoms in total. The quantitative estimate of drug-likeness (QED) is 0.510. The van der Waals surface area contributed by atoms with Gasteiger partial charge in [-0.05, 0) is 19.1 Å². The molecular formula is C19H14F4N4O2. The highest BCUT2D eigenvalue weighted by Gasteiger charge is 2.32. The number of carbonyl (C=O) groups is 1. The van der Waals surface area contributed by atoms with Crippen LogP contribution in [-0.4, -0.2) is 27.1 Å². The molecule has 29 heavy (non-hydrogen) atoms. The van der Waals surface area contributed by atoms with Crippen LogP contribution in [0.3, 0.4) is 0 Å². The first-order valence-corrected chi connectivity index (χ1v) is 8.65. The largest absolute Gasteiger partial charge is 0.354 e. The Kier molecular flexibility index (Phi) is 4.69. The summed E-state index contributed by atoms with van der Waals surface area (Å²) in [4.78, 5) is 18.1. The lowest BCUT2D eigenvalue weighted by molar-refractivity contribution is 0.182. The number of amides is 2. The average molecular weight is 406 g/mol. The number of nitrogens with zero attached hydrogens (tertiary/aromatic N) is 3. The fourth-order valence-corrected chi connectivity index (χ4v) is 3.19. The summed E-state index contributed by atoms with van der Waals surface area (Å²) in [6.45, 7) is 1.87. The average Bonchev–Trinajstić information content (AvgIpc) is 3.08. The number of benzene rings is 1. The fraction of sp³-hybridized carbons (Fsp3) is 0.211. The van der Waals surface area contributed by atoms with Gasteiger partial charge in [0, 0.05) is 35.8 Å². The summed E-state index contributed by atoms with van der Waals surface area (Å²) in [5.41, 5.74) is 1.39. The van der Waals surface area contributed by atoms with Crippen molar-refractivity contribution >= 4 is 11.7 Å². The smallest absolute Gasteiger partial charge is 0.322 e. The lowest BCUT2D eigenvalue weighted by Crippen LogP contribution is -2.44. The van der Waals surface area contributed by atoms with E-state index in [9.17, 15) is 22.4 Å². The molecular weight excluding hydrogens is 392 g/mol. The highest BCUT2D eigenvalue weighted by molar-refractivity contribution is 5.89. The molecule has 1 aliphatic heterocycles. The summed E-state index contributed by atoms with van der Waals surface area (Å²) >= 11 is 0. The van der Waals surface area contributed by atoms with Crippen LogP contribution in [0.25, 0.3) is 11.5 Å². The number of urea groups is 1. The van der Waals surface area contributed by atoms with Gasteiger partial charge in [0.25, 0.3) is 0 Å². The Balaban J connectivity index is 1.59. The molecule has 150 valence electrons. The Labute approximate surface area is 162 Å². The molecule has 0 spiro atoms. The second kappa shape index (κ2) is 7.19. The Morgan fingerprint density at radius 3 is 2.59 bits per heavy atom. The van der Waals surface area contributed by atoms with E-state index >= 15 is 0 Å². The third kappa shape index (κ3) is 3.53. The van der Waals surface area contributed by atoms with Crippen LogP contribution in [0.15, 0.2) is 35.0 Å². The van der Waals surface area contributed by atoms with Gasteiger partial charge < -0.3 is 14.7 Å².